The highest BCUT2D eigenvalue weighted by Crippen LogP contribution is 2.38. The lowest BCUT2D eigenvalue weighted by atomic mass is 10.0. The second kappa shape index (κ2) is 5.51. The van der Waals surface area contributed by atoms with Crippen LogP contribution in [0, 0.1) is 11.3 Å². The van der Waals surface area contributed by atoms with Crippen LogP contribution in [0.3, 0.4) is 0 Å². The number of carbonyl (C=O) groups is 1. The van der Waals surface area contributed by atoms with Crippen molar-refractivity contribution in [2.24, 2.45) is 0 Å². The van der Waals surface area contributed by atoms with Crippen LogP contribution in [-0.2, 0) is 10.9 Å². The molecule has 0 radical (unpaired) electrons. The second-order valence-corrected chi connectivity index (χ2v) is 3.55. The highest BCUT2D eigenvalue weighted by Gasteiger charge is 2.39. The molecule has 1 aromatic carbocycles. The van der Waals surface area contributed by atoms with Gasteiger partial charge >= 0.3 is 18.5 Å². The van der Waals surface area contributed by atoms with Crippen molar-refractivity contribution in [2.75, 3.05) is 7.11 Å². The Morgan fingerprint density at radius 2 is 1.76 bits per heavy atom. The minimum Gasteiger partial charge on any atom is -0.465 e. The standard InChI is InChI=1S/C11H5F6NO3/c1-20-9(19)5-2-7(10(12,13)14)6(4-18)8(3-5)21-11(15,16)17/h2-3H,1H3. The van der Waals surface area contributed by atoms with Crippen molar-refractivity contribution < 1.29 is 40.6 Å². The van der Waals surface area contributed by atoms with Crippen molar-refractivity contribution in [3.05, 3.63) is 28.8 Å². The fourth-order valence-corrected chi connectivity index (χ4v) is 1.40. The van der Waals surface area contributed by atoms with E-state index in [2.05, 4.69) is 9.47 Å². The molecule has 21 heavy (non-hydrogen) atoms. The van der Waals surface area contributed by atoms with Gasteiger partial charge in [-0.3, -0.25) is 0 Å². The molecule has 0 saturated carbocycles. The Hall–Kier alpha value is -2.44. The zero-order valence-corrected chi connectivity index (χ0v) is 10.1. The Bertz CT molecular complexity index is 600. The molecule has 0 N–H and O–H groups in total. The summed E-state index contributed by atoms with van der Waals surface area (Å²) in [5.74, 6) is -2.74. The summed E-state index contributed by atoms with van der Waals surface area (Å²) in [5, 5.41) is 8.63. The third-order valence-electron chi connectivity index (χ3n) is 2.17. The average Bonchev–Trinajstić information content (AvgIpc) is 2.33. The zero-order chi connectivity index (χ0) is 16.4. The summed E-state index contributed by atoms with van der Waals surface area (Å²) < 4.78 is 82.3. The number of methoxy groups -OCH3 is 1. The van der Waals surface area contributed by atoms with E-state index in [1.54, 1.807) is 0 Å². The van der Waals surface area contributed by atoms with Crippen LogP contribution in [0.4, 0.5) is 26.3 Å². The van der Waals surface area contributed by atoms with Gasteiger partial charge in [-0.25, -0.2) is 4.79 Å². The van der Waals surface area contributed by atoms with E-state index in [-0.39, 0.29) is 6.07 Å². The van der Waals surface area contributed by atoms with E-state index in [4.69, 9.17) is 5.26 Å². The molecule has 0 bridgehead atoms. The van der Waals surface area contributed by atoms with Crippen LogP contribution in [0.5, 0.6) is 5.75 Å². The van der Waals surface area contributed by atoms with Gasteiger partial charge in [0.25, 0.3) is 0 Å². The monoisotopic (exact) mass is 313 g/mol. The van der Waals surface area contributed by atoms with Crippen LogP contribution in [0.25, 0.3) is 0 Å². The molecule has 0 aliphatic rings. The van der Waals surface area contributed by atoms with Gasteiger partial charge in [0.1, 0.15) is 17.4 Å². The third kappa shape index (κ3) is 4.01. The summed E-state index contributed by atoms with van der Waals surface area (Å²) >= 11 is 0. The molecule has 0 aliphatic heterocycles. The molecule has 0 saturated heterocycles. The minimum absolute atomic E-state index is 0.216. The van der Waals surface area contributed by atoms with Gasteiger partial charge in [0.2, 0.25) is 0 Å². The maximum atomic E-state index is 12.8. The molecule has 0 atom stereocenters. The van der Waals surface area contributed by atoms with Gasteiger partial charge in [-0.1, -0.05) is 0 Å². The predicted molar refractivity (Wildman–Crippen MR) is 54.2 cm³/mol. The smallest absolute Gasteiger partial charge is 0.465 e. The largest absolute Gasteiger partial charge is 0.573 e. The number of hydrogen-bond donors (Lipinski definition) is 0. The SMILES string of the molecule is COC(=O)c1cc(OC(F)(F)F)c(C#N)c(C(F)(F)F)c1. The minimum atomic E-state index is -5.33. The molecule has 0 amide bonds. The van der Waals surface area contributed by atoms with Gasteiger partial charge in [0, 0.05) is 0 Å². The van der Waals surface area contributed by atoms with Crippen LogP contribution in [0.1, 0.15) is 21.5 Å². The predicted octanol–water partition coefficient (Wildman–Crippen LogP) is 3.26. The first kappa shape index (κ1) is 16.6. The Labute approximate surface area is 113 Å². The summed E-state index contributed by atoms with van der Waals surface area (Å²) in [7, 11) is 0.831. The van der Waals surface area contributed by atoms with E-state index in [1.165, 1.54) is 0 Å². The van der Waals surface area contributed by atoms with Crippen LogP contribution >= 0.6 is 0 Å². The van der Waals surface area contributed by atoms with Crippen LogP contribution < -0.4 is 4.74 Å². The fraction of sp³-hybridized carbons (Fsp3) is 0.273. The van der Waals surface area contributed by atoms with Crippen molar-refractivity contribution in [3.8, 4) is 11.8 Å². The third-order valence-corrected chi connectivity index (χ3v) is 2.17. The number of benzene rings is 1. The summed E-state index contributed by atoms with van der Waals surface area (Å²) in [6.45, 7) is 0. The van der Waals surface area contributed by atoms with Gasteiger partial charge in [-0.2, -0.15) is 18.4 Å². The van der Waals surface area contributed by atoms with Crippen molar-refractivity contribution >= 4 is 5.97 Å². The molecule has 0 aromatic heterocycles. The number of nitrogens with zero attached hydrogens (tertiary/aromatic N) is 1. The molecule has 0 fully saturated rings. The van der Waals surface area contributed by atoms with Crippen molar-refractivity contribution in [1.82, 2.24) is 0 Å². The summed E-state index contributed by atoms with van der Waals surface area (Å²) in [6.07, 6.45) is -10.5. The first-order valence-electron chi connectivity index (χ1n) is 4.99. The number of hydrogen-bond acceptors (Lipinski definition) is 4. The van der Waals surface area contributed by atoms with Gasteiger partial charge in [-0.05, 0) is 12.1 Å². The Morgan fingerprint density at radius 1 is 1.19 bits per heavy atom. The highest BCUT2D eigenvalue weighted by molar-refractivity contribution is 5.90. The van der Waals surface area contributed by atoms with E-state index in [9.17, 15) is 31.1 Å². The molecule has 4 nitrogen and oxygen atoms in total. The Morgan fingerprint density at radius 3 is 2.14 bits per heavy atom. The fourth-order valence-electron chi connectivity index (χ4n) is 1.40. The number of nitriles is 1. The molecule has 10 heteroatoms. The lowest BCUT2D eigenvalue weighted by molar-refractivity contribution is -0.274. The molecule has 0 heterocycles. The topological polar surface area (TPSA) is 59.3 Å². The first-order chi connectivity index (χ1) is 9.49. The van der Waals surface area contributed by atoms with Crippen LogP contribution in [0.2, 0.25) is 0 Å². The van der Waals surface area contributed by atoms with E-state index < -0.39 is 40.9 Å². The zero-order valence-electron chi connectivity index (χ0n) is 10.1. The number of ether oxygens (including phenoxy) is 2. The molecule has 0 unspecified atom stereocenters. The number of alkyl halides is 6. The van der Waals surface area contributed by atoms with Gasteiger partial charge < -0.3 is 9.47 Å². The molecule has 0 aliphatic carbocycles. The molecule has 0 spiro atoms. The number of esters is 1. The summed E-state index contributed by atoms with van der Waals surface area (Å²) in [5.41, 5.74) is -3.94. The maximum Gasteiger partial charge on any atom is 0.573 e. The van der Waals surface area contributed by atoms with Crippen LogP contribution in [-0.4, -0.2) is 19.4 Å². The second-order valence-electron chi connectivity index (χ2n) is 3.55. The molecular formula is C11H5F6NO3. The van der Waals surface area contributed by atoms with Gasteiger partial charge in [-0.15, -0.1) is 13.2 Å². The van der Waals surface area contributed by atoms with E-state index in [1.807, 2.05) is 0 Å². The number of halogens is 6. The first-order valence-corrected chi connectivity index (χ1v) is 4.99. The molecule has 114 valence electrons. The number of rotatable bonds is 2. The summed E-state index contributed by atoms with van der Waals surface area (Å²) in [4.78, 5) is 11.2. The maximum absolute atomic E-state index is 12.8. The normalized spacial score (nSPS) is 11.7. The van der Waals surface area contributed by atoms with E-state index in [0.717, 1.165) is 13.2 Å². The van der Waals surface area contributed by atoms with Crippen molar-refractivity contribution in [3.63, 3.8) is 0 Å². The van der Waals surface area contributed by atoms with E-state index >= 15 is 0 Å². The lowest BCUT2D eigenvalue weighted by Crippen LogP contribution is -2.20. The van der Waals surface area contributed by atoms with Gasteiger partial charge in [0.15, 0.2) is 0 Å². The lowest BCUT2D eigenvalue weighted by Gasteiger charge is -2.16. The van der Waals surface area contributed by atoms with E-state index in [0.29, 0.717) is 6.07 Å². The van der Waals surface area contributed by atoms with Gasteiger partial charge in [0.05, 0.1) is 18.2 Å². The van der Waals surface area contributed by atoms with Crippen molar-refractivity contribution in [2.45, 2.75) is 12.5 Å². The molecular weight excluding hydrogens is 308 g/mol. The average molecular weight is 313 g/mol. The van der Waals surface area contributed by atoms with Crippen LogP contribution in [0.15, 0.2) is 12.1 Å². The number of carbonyl (C=O) groups excluding carboxylic acids is 1. The highest BCUT2D eigenvalue weighted by atomic mass is 19.4. The van der Waals surface area contributed by atoms with Crippen molar-refractivity contribution in [1.29, 1.82) is 5.26 Å². The Balaban J connectivity index is 3.61. The Kier molecular flexibility index (Phi) is 4.36. The summed E-state index contributed by atoms with van der Waals surface area (Å²) in [6, 6.07) is 1.55. The molecule has 1 aromatic rings. The molecule has 1 rings (SSSR count). The quantitative estimate of drug-likeness (QED) is 0.621.